The summed E-state index contributed by atoms with van der Waals surface area (Å²) in [6, 6.07) is 6.24. The number of H-pyrrole nitrogens is 1. The maximum absolute atomic E-state index is 4.20. The maximum atomic E-state index is 4.20. The summed E-state index contributed by atoms with van der Waals surface area (Å²) in [5.41, 5.74) is 5.35. The molecule has 0 radical (unpaired) electrons. The summed E-state index contributed by atoms with van der Waals surface area (Å²) < 4.78 is 1.94. The van der Waals surface area contributed by atoms with Gasteiger partial charge in [0.25, 0.3) is 0 Å². The lowest BCUT2D eigenvalue weighted by Gasteiger charge is -2.04. The predicted octanol–water partition coefficient (Wildman–Crippen LogP) is 2.03. The van der Waals surface area contributed by atoms with Crippen molar-refractivity contribution in [2.45, 2.75) is 39.5 Å². The fourth-order valence-corrected chi connectivity index (χ4v) is 2.42. The van der Waals surface area contributed by atoms with Crippen LogP contribution in [0.3, 0.4) is 0 Å². The predicted molar refractivity (Wildman–Crippen MR) is 75.5 cm³/mol. The largest absolute Gasteiger partial charge is 0.217 e. The van der Waals surface area contributed by atoms with Gasteiger partial charge in [0.1, 0.15) is 0 Å². The molecule has 0 amide bonds. The highest BCUT2D eigenvalue weighted by molar-refractivity contribution is 5.50. The molecule has 6 heteroatoms. The maximum Gasteiger partial charge on any atom is 0.0897 e. The third-order valence-corrected chi connectivity index (χ3v) is 3.61. The lowest BCUT2D eigenvalue weighted by atomic mass is 10.1. The van der Waals surface area contributed by atoms with Crippen LogP contribution < -0.4 is 0 Å². The van der Waals surface area contributed by atoms with E-state index in [0.717, 1.165) is 48.3 Å². The minimum Gasteiger partial charge on any atom is -0.217 e. The van der Waals surface area contributed by atoms with Crippen LogP contribution in [0.2, 0.25) is 0 Å². The lowest BCUT2D eigenvalue weighted by Crippen LogP contribution is -1.99. The third kappa shape index (κ3) is 2.41. The van der Waals surface area contributed by atoms with Gasteiger partial charge in [-0.05, 0) is 51.7 Å². The number of nitrogens with zero attached hydrogens (tertiary/aromatic N) is 5. The normalized spacial score (nSPS) is 11.3. The van der Waals surface area contributed by atoms with Gasteiger partial charge in [-0.2, -0.15) is 15.4 Å². The molecule has 0 atom stereocenters. The zero-order valence-electron chi connectivity index (χ0n) is 11.8. The highest BCUT2D eigenvalue weighted by Crippen LogP contribution is 2.13. The first kappa shape index (κ1) is 12.8. The molecule has 0 aliphatic carbocycles. The van der Waals surface area contributed by atoms with E-state index in [-0.39, 0.29) is 0 Å². The van der Waals surface area contributed by atoms with Crippen LogP contribution in [0.25, 0.3) is 5.52 Å². The Kier molecular flexibility index (Phi) is 3.45. The van der Waals surface area contributed by atoms with E-state index in [1.807, 2.05) is 18.4 Å². The Labute approximate surface area is 117 Å². The topological polar surface area (TPSA) is 71.8 Å². The van der Waals surface area contributed by atoms with Crippen LogP contribution in [-0.4, -0.2) is 30.2 Å². The summed E-state index contributed by atoms with van der Waals surface area (Å²) in [4.78, 5) is 0. The summed E-state index contributed by atoms with van der Waals surface area (Å²) >= 11 is 0. The van der Waals surface area contributed by atoms with Crippen molar-refractivity contribution in [3.8, 4) is 0 Å². The lowest BCUT2D eigenvalue weighted by molar-refractivity contribution is 0.684. The van der Waals surface area contributed by atoms with Crippen LogP contribution in [0.15, 0.2) is 18.2 Å². The fraction of sp³-hybridized carbons (Fsp3) is 0.429. The molecule has 20 heavy (non-hydrogen) atoms. The van der Waals surface area contributed by atoms with Crippen molar-refractivity contribution in [1.29, 1.82) is 0 Å². The number of aryl methyl sites for hydroxylation is 4. The van der Waals surface area contributed by atoms with Gasteiger partial charge in [-0.1, -0.05) is 11.3 Å². The van der Waals surface area contributed by atoms with E-state index in [1.54, 1.807) is 0 Å². The third-order valence-electron chi connectivity index (χ3n) is 3.61. The van der Waals surface area contributed by atoms with Crippen LogP contribution in [0.4, 0.5) is 0 Å². The van der Waals surface area contributed by atoms with Crippen LogP contribution >= 0.6 is 0 Å². The molecule has 3 aromatic heterocycles. The molecule has 3 rings (SSSR count). The SMILES string of the molecule is Cc1n[nH]nc1CCCCc1cccc2c(C)nnn12. The first-order valence-electron chi connectivity index (χ1n) is 6.92. The van der Waals surface area contributed by atoms with Gasteiger partial charge < -0.3 is 0 Å². The molecular weight excluding hydrogens is 252 g/mol. The number of unbranched alkanes of at least 4 members (excludes halogenated alkanes) is 1. The molecule has 3 aromatic rings. The molecule has 1 N–H and O–H groups in total. The van der Waals surface area contributed by atoms with Crippen molar-refractivity contribution in [3.05, 3.63) is 41.0 Å². The highest BCUT2D eigenvalue weighted by Gasteiger charge is 2.06. The molecule has 104 valence electrons. The Balaban J connectivity index is 1.61. The van der Waals surface area contributed by atoms with Crippen LogP contribution in [-0.2, 0) is 12.8 Å². The Hall–Kier alpha value is -2.24. The summed E-state index contributed by atoms with van der Waals surface area (Å²) in [6.07, 6.45) is 4.16. The van der Waals surface area contributed by atoms with Gasteiger partial charge in [0.05, 0.1) is 22.6 Å². The molecule has 0 bridgehead atoms. The average Bonchev–Trinajstić information content (AvgIpc) is 3.03. The van der Waals surface area contributed by atoms with Gasteiger partial charge in [-0.15, -0.1) is 5.10 Å². The van der Waals surface area contributed by atoms with Gasteiger partial charge in [-0.25, -0.2) is 4.52 Å². The molecule has 6 nitrogen and oxygen atoms in total. The standard InChI is InChI=1S/C14H18N6/c1-10-13(17-18-15-10)8-4-3-6-12-7-5-9-14-11(2)16-19-20(12)14/h5,7,9H,3-4,6,8H2,1-2H3,(H,15,17,18). The average molecular weight is 270 g/mol. The molecule has 0 saturated heterocycles. The fourth-order valence-electron chi connectivity index (χ4n) is 2.42. The minimum atomic E-state index is 0.967. The van der Waals surface area contributed by atoms with Crippen molar-refractivity contribution in [3.63, 3.8) is 0 Å². The van der Waals surface area contributed by atoms with E-state index < -0.39 is 0 Å². The minimum absolute atomic E-state index is 0.967. The number of pyridine rings is 1. The molecule has 3 heterocycles. The van der Waals surface area contributed by atoms with E-state index in [0.29, 0.717) is 0 Å². The first-order chi connectivity index (χ1) is 9.75. The van der Waals surface area contributed by atoms with Crippen molar-refractivity contribution in [2.75, 3.05) is 0 Å². The van der Waals surface area contributed by atoms with Crippen LogP contribution in [0, 0.1) is 13.8 Å². The Morgan fingerprint density at radius 3 is 2.70 bits per heavy atom. The van der Waals surface area contributed by atoms with Gasteiger partial charge in [-0.3, -0.25) is 0 Å². The van der Waals surface area contributed by atoms with E-state index in [1.165, 1.54) is 5.69 Å². The molecule has 0 aromatic carbocycles. The Morgan fingerprint density at radius 2 is 1.90 bits per heavy atom. The zero-order valence-corrected chi connectivity index (χ0v) is 11.8. The van der Waals surface area contributed by atoms with Crippen molar-refractivity contribution >= 4 is 5.52 Å². The zero-order chi connectivity index (χ0) is 13.9. The van der Waals surface area contributed by atoms with E-state index in [2.05, 4.69) is 43.9 Å². The number of aromatic amines is 1. The van der Waals surface area contributed by atoms with Crippen LogP contribution in [0.5, 0.6) is 0 Å². The van der Waals surface area contributed by atoms with Crippen molar-refractivity contribution < 1.29 is 0 Å². The van der Waals surface area contributed by atoms with E-state index in [4.69, 9.17) is 0 Å². The number of hydrogen-bond acceptors (Lipinski definition) is 4. The number of hydrogen-bond donors (Lipinski definition) is 1. The Bertz CT molecular complexity index is 711. The van der Waals surface area contributed by atoms with Gasteiger partial charge in [0, 0.05) is 5.69 Å². The quantitative estimate of drug-likeness (QED) is 0.720. The number of aromatic nitrogens is 6. The van der Waals surface area contributed by atoms with Gasteiger partial charge >= 0.3 is 0 Å². The van der Waals surface area contributed by atoms with Crippen molar-refractivity contribution in [1.82, 2.24) is 30.2 Å². The van der Waals surface area contributed by atoms with E-state index in [9.17, 15) is 0 Å². The second-order valence-corrected chi connectivity index (χ2v) is 5.05. The number of fused-ring (bicyclic) bond motifs is 1. The Morgan fingerprint density at radius 1 is 1.05 bits per heavy atom. The summed E-state index contributed by atoms with van der Waals surface area (Å²) in [5.74, 6) is 0. The smallest absolute Gasteiger partial charge is 0.0897 e. The number of nitrogens with one attached hydrogen (secondary N) is 1. The summed E-state index contributed by atoms with van der Waals surface area (Å²) in [5, 5.41) is 19.2. The molecule has 0 aliphatic heterocycles. The summed E-state index contributed by atoms with van der Waals surface area (Å²) in [7, 11) is 0. The van der Waals surface area contributed by atoms with Gasteiger partial charge in [0.15, 0.2) is 0 Å². The monoisotopic (exact) mass is 270 g/mol. The number of rotatable bonds is 5. The molecule has 0 fully saturated rings. The van der Waals surface area contributed by atoms with E-state index >= 15 is 0 Å². The molecule has 0 saturated carbocycles. The second kappa shape index (κ2) is 5.40. The molecular formula is C14H18N6. The molecule has 0 unspecified atom stereocenters. The summed E-state index contributed by atoms with van der Waals surface area (Å²) in [6.45, 7) is 3.97. The van der Waals surface area contributed by atoms with Gasteiger partial charge in [0.2, 0.25) is 0 Å². The second-order valence-electron chi connectivity index (χ2n) is 5.05. The highest BCUT2D eigenvalue weighted by atomic mass is 15.4. The molecule has 0 aliphatic rings. The first-order valence-corrected chi connectivity index (χ1v) is 6.92. The van der Waals surface area contributed by atoms with Crippen LogP contribution in [0.1, 0.15) is 35.6 Å². The van der Waals surface area contributed by atoms with Crippen molar-refractivity contribution in [2.24, 2.45) is 0 Å². The molecule has 0 spiro atoms.